The topological polar surface area (TPSA) is 166 Å². The van der Waals surface area contributed by atoms with Crippen molar-refractivity contribution < 1.29 is 28.7 Å². The van der Waals surface area contributed by atoms with Crippen molar-refractivity contribution in [3.05, 3.63) is 59.9 Å². The third-order valence-electron chi connectivity index (χ3n) is 9.27. The molecule has 2 aromatic heterocycles. The number of benzene rings is 2. The standard InChI is InChI=1S/C40H56N6O6/c1-51-29-15-17-35-31(25-29)33(27-45-35)37(47)39(49)43-23-13-21-41-19-11-9-7-5-3-4-6-8-10-12-20-42-22-14-24-44-40(50)38(48)34-28-46-36-18-16-30(52-2)26-32(34)36/h15-18,25-28,41-42,45-46H,3-14,19-24H2,1-2H3,(H,43,49)(H,44,50). The number of aromatic amines is 2. The average molecular weight is 717 g/mol. The highest BCUT2D eigenvalue weighted by molar-refractivity contribution is 6.45. The third kappa shape index (κ3) is 12.5. The lowest BCUT2D eigenvalue weighted by molar-refractivity contribution is -0.117. The highest BCUT2D eigenvalue weighted by Gasteiger charge is 2.21. The highest BCUT2D eigenvalue weighted by Crippen LogP contribution is 2.25. The summed E-state index contributed by atoms with van der Waals surface area (Å²) in [6.07, 6.45) is 17.1. The Morgan fingerprint density at radius 3 is 1.25 bits per heavy atom. The molecule has 12 nitrogen and oxygen atoms in total. The molecule has 0 aliphatic carbocycles. The first-order valence-corrected chi connectivity index (χ1v) is 18.8. The van der Waals surface area contributed by atoms with E-state index in [0.717, 1.165) is 62.9 Å². The van der Waals surface area contributed by atoms with Crippen LogP contribution in [0.4, 0.5) is 0 Å². The van der Waals surface area contributed by atoms with Gasteiger partial charge in [0.15, 0.2) is 0 Å². The Bertz CT molecular complexity index is 1600. The van der Waals surface area contributed by atoms with Gasteiger partial charge in [-0.1, -0.05) is 51.4 Å². The summed E-state index contributed by atoms with van der Waals surface area (Å²) in [6, 6.07) is 10.8. The Balaban J connectivity index is 0.877. The van der Waals surface area contributed by atoms with E-state index < -0.39 is 23.4 Å². The van der Waals surface area contributed by atoms with E-state index >= 15 is 0 Å². The first-order chi connectivity index (χ1) is 25.4. The number of hydrogen-bond acceptors (Lipinski definition) is 8. The van der Waals surface area contributed by atoms with E-state index in [1.165, 1.54) is 51.4 Å². The number of H-pyrrole nitrogens is 2. The number of ether oxygens (including phenoxy) is 2. The third-order valence-corrected chi connectivity index (χ3v) is 9.27. The number of aromatic nitrogens is 2. The van der Waals surface area contributed by atoms with Gasteiger partial charge in [0.1, 0.15) is 11.5 Å². The van der Waals surface area contributed by atoms with Crippen LogP contribution in [0.5, 0.6) is 11.5 Å². The zero-order valence-electron chi connectivity index (χ0n) is 30.8. The summed E-state index contributed by atoms with van der Waals surface area (Å²) in [6.45, 7) is 4.45. The SMILES string of the molecule is COc1ccc2[nH]cc(C(=O)C(=O)NCCCNCCCCCCCCCCCCNCCCNC(=O)C(=O)c3c[nH]c4ccc(OC)cc34)c2c1. The van der Waals surface area contributed by atoms with Gasteiger partial charge >= 0.3 is 0 Å². The molecule has 282 valence electrons. The van der Waals surface area contributed by atoms with Crippen molar-refractivity contribution in [3.63, 3.8) is 0 Å². The Morgan fingerprint density at radius 2 is 0.865 bits per heavy atom. The zero-order chi connectivity index (χ0) is 37.0. The fourth-order valence-corrected chi connectivity index (χ4v) is 6.23. The molecule has 0 bridgehead atoms. The van der Waals surface area contributed by atoms with Gasteiger partial charge in [-0.05, 0) is 88.3 Å². The molecule has 0 unspecified atom stereocenters. The van der Waals surface area contributed by atoms with Gasteiger partial charge in [0.05, 0.1) is 25.3 Å². The van der Waals surface area contributed by atoms with Crippen molar-refractivity contribution >= 4 is 45.2 Å². The van der Waals surface area contributed by atoms with Crippen LogP contribution < -0.4 is 30.7 Å². The molecule has 2 amide bonds. The van der Waals surface area contributed by atoms with Crippen LogP contribution in [0.2, 0.25) is 0 Å². The number of rotatable bonds is 27. The number of hydrogen-bond donors (Lipinski definition) is 6. The van der Waals surface area contributed by atoms with E-state index in [0.29, 0.717) is 46.5 Å². The molecule has 12 heteroatoms. The van der Waals surface area contributed by atoms with E-state index in [1.54, 1.807) is 38.7 Å². The Kier molecular flexibility index (Phi) is 17.2. The molecule has 0 saturated heterocycles. The Morgan fingerprint density at radius 1 is 0.500 bits per heavy atom. The lowest BCUT2D eigenvalue weighted by Gasteiger charge is -2.07. The monoisotopic (exact) mass is 716 g/mol. The molecule has 2 aromatic carbocycles. The van der Waals surface area contributed by atoms with Crippen molar-refractivity contribution in [2.24, 2.45) is 0 Å². The molecule has 4 aromatic rings. The zero-order valence-corrected chi connectivity index (χ0v) is 30.8. The molecule has 0 fully saturated rings. The van der Waals surface area contributed by atoms with Gasteiger partial charge in [-0.2, -0.15) is 0 Å². The summed E-state index contributed by atoms with van der Waals surface area (Å²) < 4.78 is 10.5. The number of carbonyl (C=O) groups is 4. The van der Waals surface area contributed by atoms with Crippen molar-refractivity contribution in [2.45, 2.75) is 77.0 Å². The highest BCUT2D eigenvalue weighted by atomic mass is 16.5. The van der Waals surface area contributed by atoms with E-state index in [4.69, 9.17) is 9.47 Å². The molecule has 0 atom stereocenters. The Hall–Kier alpha value is -4.68. The van der Waals surface area contributed by atoms with Gasteiger partial charge in [-0.3, -0.25) is 19.2 Å². The van der Waals surface area contributed by atoms with E-state index in [1.807, 2.05) is 24.3 Å². The van der Waals surface area contributed by atoms with Gasteiger partial charge in [0.25, 0.3) is 23.4 Å². The number of nitrogens with one attached hydrogen (secondary N) is 6. The number of methoxy groups -OCH3 is 2. The fourth-order valence-electron chi connectivity index (χ4n) is 6.23. The minimum absolute atomic E-state index is 0.351. The maximum absolute atomic E-state index is 12.6. The molecule has 2 heterocycles. The number of carbonyl (C=O) groups excluding carboxylic acids is 4. The minimum atomic E-state index is -0.589. The van der Waals surface area contributed by atoms with Crippen molar-refractivity contribution in [3.8, 4) is 11.5 Å². The summed E-state index contributed by atoms with van der Waals surface area (Å²) in [5.74, 6) is -0.997. The van der Waals surface area contributed by atoms with Gasteiger partial charge in [-0.25, -0.2) is 0 Å². The second kappa shape index (κ2) is 22.3. The van der Waals surface area contributed by atoms with E-state index in [-0.39, 0.29) is 0 Å². The number of unbranched alkanes of at least 4 members (excludes halogenated alkanes) is 9. The minimum Gasteiger partial charge on any atom is -0.497 e. The van der Waals surface area contributed by atoms with Crippen LogP contribution in [-0.2, 0) is 9.59 Å². The predicted molar refractivity (Wildman–Crippen MR) is 206 cm³/mol. The lowest BCUT2D eigenvalue weighted by Crippen LogP contribution is -2.33. The molecular formula is C40H56N6O6. The van der Waals surface area contributed by atoms with Crippen LogP contribution in [0.25, 0.3) is 21.8 Å². The largest absolute Gasteiger partial charge is 0.497 e. The summed E-state index contributed by atoms with van der Waals surface area (Å²) >= 11 is 0. The van der Waals surface area contributed by atoms with Gasteiger partial charge in [0, 0.05) is 47.3 Å². The van der Waals surface area contributed by atoms with Crippen molar-refractivity contribution in [2.75, 3.05) is 53.5 Å². The Labute approximate surface area is 306 Å². The molecule has 0 radical (unpaired) electrons. The van der Waals surface area contributed by atoms with Crippen LogP contribution in [0, 0.1) is 0 Å². The van der Waals surface area contributed by atoms with Crippen LogP contribution in [0.15, 0.2) is 48.8 Å². The van der Waals surface area contributed by atoms with Crippen LogP contribution in [-0.4, -0.2) is 86.8 Å². The second-order valence-corrected chi connectivity index (χ2v) is 13.1. The first-order valence-electron chi connectivity index (χ1n) is 18.8. The van der Waals surface area contributed by atoms with E-state index in [9.17, 15) is 19.2 Å². The number of Topliss-reactive ketones (excluding diaryl/α,β-unsaturated/α-hetero) is 2. The van der Waals surface area contributed by atoms with Crippen LogP contribution in [0.1, 0.15) is 97.8 Å². The number of fused-ring (bicyclic) bond motifs is 2. The maximum Gasteiger partial charge on any atom is 0.292 e. The molecule has 0 saturated carbocycles. The normalized spacial score (nSPS) is 11.2. The van der Waals surface area contributed by atoms with Crippen LogP contribution >= 0.6 is 0 Å². The molecular weight excluding hydrogens is 660 g/mol. The average Bonchev–Trinajstić information content (AvgIpc) is 3.79. The van der Waals surface area contributed by atoms with Gasteiger partial charge < -0.3 is 40.7 Å². The molecule has 0 aliphatic rings. The van der Waals surface area contributed by atoms with Gasteiger partial charge in [-0.15, -0.1) is 0 Å². The smallest absolute Gasteiger partial charge is 0.292 e. The lowest BCUT2D eigenvalue weighted by atomic mass is 10.1. The number of amides is 2. The van der Waals surface area contributed by atoms with Crippen molar-refractivity contribution in [1.82, 2.24) is 31.2 Å². The molecule has 0 aliphatic heterocycles. The van der Waals surface area contributed by atoms with E-state index in [2.05, 4.69) is 31.2 Å². The van der Waals surface area contributed by atoms with Crippen LogP contribution in [0.3, 0.4) is 0 Å². The fraction of sp³-hybridized carbons (Fsp3) is 0.500. The van der Waals surface area contributed by atoms with Crippen molar-refractivity contribution in [1.29, 1.82) is 0 Å². The summed E-state index contributed by atoms with van der Waals surface area (Å²) in [5.41, 5.74) is 2.28. The first kappa shape index (κ1) is 40.1. The summed E-state index contributed by atoms with van der Waals surface area (Å²) in [5, 5.41) is 13.7. The molecule has 52 heavy (non-hydrogen) atoms. The maximum atomic E-state index is 12.6. The quantitative estimate of drug-likeness (QED) is 0.0255. The summed E-state index contributed by atoms with van der Waals surface area (Å²) in [7, 11) is 3.14. The second-order valence-electron chi connectivity index (χ2n) is 13.1. The van der Waals surface area contributed by atoms with Gasteiger partial charge in [0.2, 0.25) is 0 Å². The molecule has 4 rings (SSSR count). The molecule has 6 N–H and O–H groups in total. The molecule has 0 spiro atoms. The predicted octanol–water partition coefficient (Wildman–Crippen LogP) is 5.82. The number of ketones is 2. The summed E-state index contributed by atoms with van der Waals surface area (Å²) in [4.78, 5) is 56.1.